The van der Waals surface area contributed by atoms with Crippen LogP contribution in [-0.4, -0.2) is 30.8 Å². The quantitative estimate of drug-likeness (QED) is 0.933. The average molecular weight is 311 g/mol. The van der Waals surface area contributed by atoms with Gasteiger partial charge in [-0.05, 0) is 31.5 Å². The molecular formula is C12H13N3O3S2. The van der Waals surface area contributed by atoms with Crippen molar-refractivity contribution in [1.29, 1.82) is 0 Å². The van der Waals surface area contributed by atoms with Crippen molar-refractivity contribution < 1.29 is 13.2 Å². The van der Waals surface area contributed by atoms with Crippen molar-refractivity contribution in [1.82, 2.24) is 10.2 Å². The lowest BCUT2D eigenvalue weighted by atomic mass is 10.1. The standard InChI is InChI=1S/C12H13N3O3S2/c1-7-4-5-9(20(3,17)18)6-10(7)11(16)13-12-15-14-8(2)19-12/h4-6H,1-3H3,(H,13,15,16). The minimum Gasteiger partial charge on any atom is -0.296 e. The summed E-state index contributed by atoms with van der Waals surface area (Å²) in [7, 11) is -3.35. The molecule has 0 unspecified atom stereocenters. The number of amides is 1. The number of hydrogen-bond acceptors (Lipinski definition) is 6. The number of aryl methyl sites for hydroxylation is 2. The lowest BCUT2D eigenvalue weighted by Crippen LogP contribution is -2.14. The monoisotopic (exact) mass is 311 g/mol. The number of nitrogens with zero attached hydrogens (tertiary/aromatic N) is 2. The van der Waals surface area contributed by atoms with Crippen LogP contribution in [0, 0.1) is 13.8 Å². The second kappa shape index (κ2) is 5.29. The topological polar surface area (TPSA) is 89.0 Å². The molecule has 0 radical (unpaired) electrons. The van der Waals surface area contributed by atoms with Crippen LogP contribution in [0.1, 0.15) is 20.9 Å². The lowest BCUT2D eigenvalue weighted by Gasteiger charge is -2.07. The summed E-state index contributed by atoms with van der Waals surface area (Å²) in [5.74, 6) is -0.399. The van der Waals surface area contributed by atoms with Crippen LogP contribution in [0.25, 0.3) is 0 Å². The molecule has 0 saturated heterocycles. The third-order valence-electron chi connectivity index (χ3n) is 2.63. The van der Waals surface area contributed by atoms with E-state index in [1.54, 1.807) is 19.9 Å². The highest BCUT2D eigenvalue weighted by molar-refractivity contribution is 7.90. The van der Waals surface area contributed by atoms with E-state index < -0.39 is 15.7 Å². The fraction of sp³-hybridized carbons (Fsp3) is 0.250. The number of rotatable bonds is 3. The normalized spacial score (nSPS) is 11.3. The number of nitrogens with one attached hydrogen (secondary N) is 1. The highest BCUT2D eigenvalue weighted by Gasteiger charge is 2.15. The Balaban J connectivity index is 2.34. The van der Waals surface area contributed by atoms with Crippen LogP contribution in [-0.2, 0) is 9.84 Å². The molecule has 0 bridgehead atoms. The SMILES string of the molecule is Cc1nnc(NC(=O)c2cc(S(C)(=O)=O)ccc2C)s1. The first kappa shape index (κ1) is 14.6. The summed E-state index contributed by atoms with van der Waals surface area (Å²) in [6, 6.07) is 4.46. The van der Waals surface area contributed by atoms with E-state index in [9.17, 15) is 13.2 Å². The van der Waals surface area contributed by atoms with Crippen LogP contribution in [0.5, 0.6) is 0 Å². The van der Waals surface area contributed by atoms with Crippen molar-refractivity contribution in [3.05, 3.63) is 34.3 Å². The number of aromatic nitrogens is 2. The van der Waals surface area contributed by atoms with E-state index in [-0.39, 0.29) is 4.90 Å². The average Bonchev–Trinajstić information content (AvgIpc) is 2.73. The predicted octanol–water partition coefficient (Wildman–Crippen LogP) is 1.81. The van der Waals surface area contributed by atoms with Crippen molar-refractivity contribution in [2.75, 3.05) is 11.6 Å². The maximum atomic E-state index is 12.2. The van der Waals surface area contributed by atoms with E-state index in [0.29, 0.717) is 16.3 Å². The van der Waals surface area contributed by atoms with E-state index in [0.717, 1.165) is 11.3 Å². The number of carbonyl (C=O) groups is 1. The van der Waals surface area contributed by atoms with Crippen molar-refractivity contribution in [3.8, 4) is 0 Å². The van der Waals surface area contributed by atoms with Gasteiger partial charge in [0, 0.05) is 11.8 Å². The van der Waals surface area contributed by atoms with Gasteiger partial charge in [-0.15, -0.1) is 10.2 Å². The Morgan fingerprint density at radius 2 is 1.95 bits per heavy atom. The van der Waals surface area contributed by atoms with E-state index in [4.69, 9.17) is 0 Å². The molecule has 1 aromatic heterocycles. The van der Waals surface area contributed by atoms with E-state index in [1.807, 2.05) is 0 Å². The first-order valence-electron chi connectivity index (χ1n) is 5.69. The van der Waals surface area contributed by atoms with Crippen molar-refractivity contribution >= 4 is 32.2 Å². The van der Waals surface area contributed by atoms with Gasteiger partial charge in [-0.2, -0.15) is 0 Å². The summed E-state index contributed by atoms with van der Waals surface area (Å²) in [4.78, 5) is 12.3. The molecule has 1 N–H and O–H groups in total. The summed E-state index contributed by atoms with van der Waals surface area (Å²) < 4.78 is 23.1. The van der Waals surface area contributed by atoms with Gasteiger partial charge in [0.25, 0.3) is 5.91 Å². The summed E-state index contributed by atoms with van der Waals surface area (Å²) in [6.45, 7) is 3.52. The molecule has 0 atom stereocenters. The molecule has 0 spiro atoms. The fourth-order valence-corrected chi connectivity index (χ4v) is 2.82. The molecule has 0 saturated carbocycles. The molecule has 20 heavy (non-hydrogen) atoms. The smallest absolute Gasteiger partial charge is 0.257 e. The zero-order valence-corrected chi connectivity index (χ0v) is 12.8. The fourth-order valence-electron chi connectivity index (χ4n) is 1.59. The molecule has 106 valence electrons. The van der Waals surface area contributed by atoms with Gasteiger partial charge in [0.1, 0.15) is 5.01 Å². The van der Waals surface area contributed by atoms with E-state index in [1.165, 1.54) is 23.5 Å². The Labute approximate surface area is 120 Å². The first-order valence-corrected chi connectivity index (χ1v) is 8.40. The number of benzene rings is 1. The van der Waals surface area contributed by atoms with Gasteiger partial charge in [0.15, 0.2) is 9.84 Å². The van der Waals surface area contributed by atoms with Gasteiger partial charge < -0.3 is 0 Å². The molecule has 1 heterocycles. The van der Waals surface area contributed by atoms with Crippen LogP contribution >= 0.6 is 11.3 Å². The Bertz CT molecular complexity index is 766. The minimum atomic E-state index is -3.35. The van der Waals surface area contributed by atoms with Crippen LogP contribution in [0.4, 0.5) is 5.13 Å². The van der Waals surface area contributed by atoms with Crippen LogP contribution in [0.2, 0.25) is 0 Å². The van der Waals surface area contributed by atoms with E-state index in [2.05, 4.69) is 15.5 Å². The summed E-state index contributed by atoms with van der Waals surface area (Å²) in [5.41, 5.74) is 0.997. The molecule has 6 nitrogen and oxygen atoms in total. The Hall–Kier alpha value is -1.80. The molecule has 1 aromatic carbocycles. The molecular weight excluding hydrogens is 298 g/mol. The zero-order chi connectivity index (χ0) is 14.9. The number of carbonyl (C=O) groups excluding carboxylic acids is 1. The molecule has 2 rings (SSSR count). The predicted molar refractivity (Wildman–Crippen MR) is 76.9 cm³/mol. The minimum absolute atomic E-state index is 0.113. The van der Waals surface area contributed by atoms with Gasteiger partial charge in [-0.3, -0.25) is 10.1 Å². The lowest BCUT2D eigenvalue weighted by molar-refractivity contribution is 0.102. The first-order chi connectivity index (χ1) is 9.27. The zero-order valence-electron chi connectivity index (χ0n) is 11.2. The second-order valence-corrected chi connectivity index (χ2v) is 7.53. The van der Waals surface area contributed by atoms with Crippen LogP contribution in [0.3, 0.4) is 0 Å². The third kappa shape index (κ3) is 3.20. The third-order valence-corrected chi connectivity index (χ3v) is 4.49. The Morgan fingerprint density at radius 3 is 2.50 bits per heavy atom. The van der Waals surface area contributed by atoms with Crippen molar-refractivity contribution in [2.45, 2.75) is 18.7 Å². The summed E-state index contributed by atoms with van der Waals surface area (Å²) in [6.07, 6.45) is 1.10. The highest BCUT2D eigenvalue weighted by atomic mass is 32.2. The van der Waals surface area contributed by atoms with Gasteiger partial charge in [-0.1, -0.05) is 17.4 Å². The molecule has 1 amide bonds. The van der Waals surface area contributed by atoms with Gasteiger partial charge >= 0.3 is 0 Å². The van der Waals surface area contributed by atoms with Crippen molar-refractivity contribution in [2.24, 2.45) is 0 Å². The van der Waals surface area contributed by atoms with Crippen molar-refractivity contribution in [3.63, 3.8) is 0 Å². The number of hydrogen-bond donors (Lipinski definition) is 1. The van der Waals surface area contributed by atoms with Crippen LogP contribution in [0.15, 0.2) is 23.1 Å². The number of sulfone groups is 1. The summed E-state index contributed by atoms with van der Waals surface area (Å²) >= 11 is 1.25. The Morgan fingerprint density at radius 1 is 1.25 bits per heavy atom. The van der Waals surface area contributed by atoms with E-state index >= 15 is 0 Å². The largest absolute Gasteiger partial charge is 0.296 e. The molecule has 0 aliphatic heterocycles. The maximum Gasteiger partial charge on any atom is 0.257 e. The Kier molecular flexibility index (Phi) is 3.87. The van der Waals surface area contributed by atoms with Crippen LogP contribution < -0.4 is 5.32 Å². The highest BCUT2D eigenvalue weighted by Crippen LogP contribution is 2.19. The molecule has 2 aromatic rings. The molecule has 0 fully saturated rings. The molecule has 0 aliphatic carbocycles. The molecule has 8 heteroatoms. The second-order valence-electron chi connectivity index (χ2n) is 4.33. The van der Waals surface area contributed by atoms with Gasteiger partial charge in [0.2, 0.25) is 5.13 Å². The maximum absolute atomic E-state index is 12.2. The van der Waals surface area contributed by atoms with Gasteiger partial charge in [0.05, 0.1) is 4.90 Å². The summed E-state index contributed by atoms with van der Waals surface area (Å²) in [5, 5.41) is 11.3. The van der Waals surface area contributed by atoms with Gasteiger partial charge in [-0.25, -0.2) is 8.42 Å². The number of anilines is 1. The molecule has 0 aliphatic rings.